The molecule has 6 heteroatoms. The third kappa shape index (κ3) is 5.47. The molecular weight excluding hydrogens is 294 g/mol. The summed E-state index contributed by atoms with van der Waals surface area (Å²) < 4.78 is 0. The number of carboxylic acids is 1. The zero-order valence-corrected chi connectivity index (χ0v) is 13.4. The molecule has 1 aromatic carbocycles. The summed E-state index contributed by atoms with van der Waals surface area (Å²) in [5.41, 5.74) is 0.747. The molecule has 0 saturated heterocycles. The second-order valence-electron chi connectivity index (χ2n) is 5.50. The Hall–Kier alpha value is -2.81. The van der Waals surface area contributed by atoms with Gasteiger partial charge in [0.15, 0.2) is 0 Å². The van der Waals surface area contributed by atoms with Crippen LogP contribution in [0.5, 0.6) is 0 Å². The minimum absolute atomic E-state index is 0.167. The fourth-order valence-electron chi connectivity index (χ4n) is 1.97. The van der Waals surface area contributed by atoms with Crippen molar-refractivity contribution in [3.05, 3.63) is 47.7 Å². The van der Waals surface area contributed by atoms with Crippen molar-refractivity contribution in [2.24, 2.45) is 5.92 Å². The summed E-state index contributed by atoms with van der Waals surface area (Å²) in [7, 11) is 0. The zero-order valence-electron chi connectivity index (χ0n) is 13.4. The Morgan fingerprint density at radius 2 is 1.83 bits per heavy atom. The van der Waals surface area contributed by atoms with Gasteiger partial charge >= 0.3 is 5.97 Å². The van der Waals surface area contributed by atoms with Gasteiger partial charge in [0.1, 0.15) is 17.7 Å². The minimum atomic E-state index is -1.04. The van der Waals surface area contributed by atoms with Crippen LogP contribution in [0.25, 0.3) is 0 Å². The van der Waals surface area contributed by atoms with E-state index in [2.05, 4.69) is 10.6 Å². The number of benzene rings is 1. The predicted octanol–water partition coefficient (Wildman–Crippen LogP) is 1.97. The molecule has 6 nitrogen and oxygen atoms in total. The zero-order chi connectivity index (χ0) is 17.4. The lowest BCUT2D eigenvalue weighted by molar-refractivity contribution is -0.140. The van der Waals surface area contributed by atoms with Gasteiger partial charge in [0.05, 0.1) is 6.04 Å². The van der Waals surface area contributed by atoms with Crippen molar-refractivity contribution < 1.29 is 14.7 Å². The van der Waals surface area contributed by atoms with Crippen LogP contribution in [-0.4, -0.2) is 23.0 Å². The van der Waals surface area contributed by atoms with Crippen LogP contribution in [0.3, 0.4) is 0 Å². The molecule has 0 aliphatic heterocycles. The van der Waals surface area contributed by atoms with E-state index < -0.39 is 17.9 Å². The summed E-state index contributed by atoms with van der Waals surface area (Å²) in [6.07, 6.45) is 1.16. The highest BCUT2D eigenvalue weighted by atomic mass is 16.4. The van der Waals surface area contributed by atoms with Crippen LogP contribution >= 0.6 is 0 Å². The lowest BCUT2D eigenvalue weighted by Gasteiger charge is -2.17. The number of nitrogens with zero attached hydrogens (tertiary/aromatic N) is 1. The monoisotopic (exact) mass is 315 g/mol. The molecule has 0 heterocycles. The topological polar surface area (TPSA) is 102 Å². The quantitative estimate of drug-likeness (QED) is 0.527. The molecule has 0 aromatic heterocycles. The van der Waals surface area contributed by atoms with Crippen LogP contribution in [0, 0.1) is 17.2 Å². The summed E-state index contributed by atoms with van der Waals surface area (Å²) in [6.45, 7) is 5.29. The van der Waals surface area contributed by atoms with Gasteiger partial charge in [0.25, 0.3) is 5.91 Å². The normalized spacial score (nSPS) is 13.8. The van der Waals surface area contributed by atoms with E-state index in [9.17, 15) is 9.59 Å². The highest BCUT2D eigenvalue weighted by Gasteiger charge is 2.21. The van der Waals surface area contributed by atoms with Gasteiger partial charge in [-0.05, 0) is 18.4 Å². The molecule has 2 unspecified atom stereocenters. The van der Waals surface area contributed by atoms with Crippen molar-refractivity contribution in [3.63, 3.8) is 0 Å². The number of nitrogens with one attached hydrogen (secondary N) is 2. The molecule has 0 bridgehead atoms. The first kappa shape index (κ1) is 18.2. The van der Waals surface area contributed by atoms with Gasteiger partial charge in [-0.25, -0.2) is 4.79 Å². The number of carbonyl (C=O) groups is 2. The Morgan fingerprint density at radius 3 is 2.30 bits per heavy atom. The van der Waals surface area contributed by atoms with Crippen LogP contribution in [0.4, 0.5) is 0 Å². The number of aliphatic carboxylic acids is 1. The largest absolute Gasteiger partial charge is 0.480 e. The smallest absolute Gasteiger partial charge is 0.326 e. The predicted molar refractivity (Wildman–Crippen MR) is 86.1 cm³/mol. The summed E-state index contributed by atoms with van der Waals surface area (Å²) >= 11 is 0. The summed E-state index contributed by atoms with van der Waals surface area (Å²) in [4.78, 5) is 23.2. The molecule has 0 aliphatic rings. The average Bonchev–Trinajstić information content (AvgIpc) is 2.51. The fourth-order valence-corrected chi connectivity index (χ4v) is 1.97. The molecule has 0 aliphatic carbocycles. The number of hydrogen-bond acceptors (Lipinski definition) is 4. The van der Waals surface area contributed by atoms with Gasteiger partial charge in [-0.3, -0.25) is 4.79 Å². The molecule has 122 valence electrons. The van der Waals surface area contributed by atoms with Crippen molar-refractivity contribution in [1.82, 2.24) is 10.6 Å². The average molecular weight is 315 g/mol. The Balaban J connectivity index is 2.77. The van der Waals surface area contributed by atoms with E-state index in [1.807, 2.05) is 37.3 Å². The van der Waals surface area contributed by atoms with Gasteiger partial charge in [-0.2, -0.15) is 5.26 Å². The van der Waals surface area contributed by atoms with E-state index in [0.29, 0.717) is 0 Å². The lowest BCUT2D eigenvalue weighted by Crippen LogP contribution is -2.38. The Morgan fingerprint density at radius 1 is 1.22 bits per heavy atom. The molecule has 0 saturated carbocycles. The van der Waals surface area contributed by atoms with Gasteiger partial charge in [0, 0.05) is 6.20 Å². The first-order chi connectivity index (χ1) is 10.9. The third-order valence-electron chi connectivity index (χ3n) is 3.35. The van der Waals surface area contributed by atoms with Gasteiger partial charge < -0.3 is 15.7 Å². The van der Waals surface area contributed by atoms with Gasteiger partial charge in [-0.1, -0.05) is 44.2 Å². The van der Waals surface area contributed by atoms with Crippen LogP contribution in [-0.2, 0) is 9.59 Å². The number of carboxylic acid groups (broad SMARTS) is 1. The lowest BCUT2D eigenvalue weighted by atomic mass is 10.0. The molecule has 0 radical (unpaired) electrons. The third-order valence-corrected chi connectivity index (χ3v) is 3.35. The number of rotatable bonds is 7. The van der Waals surface area contributed by atoms with Gasteiger partial charge in [0.2, 0.25) is 0 Å². The van der Waals surface area contributed by atoms with Crippen molar-refractivity contribution in [1.29, 1.82) is 5.26 Å². The van der Waals surface area contributed by atoms with Crippen LogP contribution in [0.15, 0.2) is 42.1 Å². The van der Waals surface area contributed by atoms with Crippen molar-refractivity contribution >= 4 is 11.9 Å². The molecule has 2 atom stereocenters. The molecule has 1 aromatic rings. The molecule has 0 spiro atoms. The maximum absolute atomic E-state index is 12.1. The molecule has 3 N–H and O–H groups in total. The first-order valence-corrected chi connectivity index (χ1v) is 7.31. The summed E-state index contributed by atoms with van der Waals surface area (Å²) in [5.74, 6) is -1.77. The molecular formula is C17H21N3O3. The van der Waals surface area contributed by atoms with E-state index in [4.69, 9.17) is 10.4 Å². The van der Waals surface area contributed by atoms with Crippen molar-refractivity contribution in [2.45, 2.75) is 32.9 Å². The standard InChI is InChI=1S/C17H21N3O3/c1-11(2)15(17(22)23)19-10-14(9-18)16(21)20-12(3)13-7-5-4-6-8-13/h4-8,10-12,15,19H,1-3H3,(H,20,21)(H,22,23)/b14-10-. The maximum atomic E-state index is 12.1. The van der Waals surface area contributed by atoms with Crippen LogP contribution in [0.1, 0.15) is 32.4 Å². The van der Waals surface area contributed by atoms with E-state index in [1.165, 1.54) is 0 Å². The SMILES string of the molecule is CC(NC(=O)/C(C#N)=C\NC(C(=O)O)C(C)C)c1ccccc1. The summed E-state index contributed by atoms with van der Waals surface area (Å²) in [6, 6.07) is 10.0. The number of hydrogen-bond donors (Lipinski definition) is 3. The van der Waals surface area contributed by atoms with Crippen molar-refractivity contribution in [3.8, 4) is 6.07 Å². The van der Waals surface area contributed by atoms with E-state index >= 15 is 0 Å². The highest BCUT2D eigenvalue weighted by Crippen LogP contribution is 2.12. The van der Waals surface area contributed by atoms with Gasteiger partial charge in [-0.15, -0.1) is 0 Å². The second kappa shape index (κ2) is 8.59. The van der Waals surface area contributed by atoms with Crippen molar-refractivity contribution in [2.75, 3.05) is 0 Å². The maximum Gasteiger partial charge on any atom is 0.326 e. The highest BCUT2D eigenvalue weighted by molar-refractivity contribution is 5.97. The Kier molecular flexibility index (Phi) is 6.81. The van der Waals surface area contributed by atoms with E-state index in [1.54, 1.807) is 19.9 Å². The Labute approximate surface area is 135 Å². The van der Waals surface area contributed by atoms with Crippen LogP contribution < -0.4 is 10.6 Å². The summed E-state index contributed by atoms with van der Waals surface area (Å²) in [5, 5.41) is 23.5. The molecule has 1 rings (SSSR count). The number of carbonyl (C=O) groups excluding carboxylic acids is 1. The van der Waals surface area contributed by atoms with Crippen LogP contribution in [0.2, 0.25) is 0 Å². The second-order valence-corrected chi connectivity index (χ2v) is 5.50. The minimum Gasteiger partial charge on any atom is -0.480 e. The van der Waals surface area contributed by atoms with E-state index in [-0.39, 0.29) is 17.5 Å². The fraction of sp³-hybridized carbons (Fsp3) is 0.353. The molecule has 1 amide bonds. The first-order valence-electron chi connectivity index (χ1n) is 7.31. The molecule has 23 heavy (non-hydrogen) atoms. The number of nitriles is 1. The molecule has 0 fully saturated rings. The number of amides is 1. The Bertz CT molecular complexity index is 618. The van der Waals surface area contributed by atoms with E-state index in [0.717, 1.165) is 11.8 Å².